The summed E-state index contributed by atoms with van der Waals surface area (Å²) in [7, 11) is 1.61. The second kappa shape index (κ2) is 6.48. The zero-order chi connectivity index (χ0) is 17.4. The fourth-order valence-corrected chi connectivity index (χ4v) is 3.28. The number of amides is 3. The smallest absolute Gasteiger partial charge is 0.325 e. The second-order valence-corrected chi connectivity index (χ2v) is 6.39. The molecule has 3 aliphatic rings. The number of hydrogen-bond acceptors (Lipinski definition) is 7. The van der Waals surface area contributed by atoms with Gasteiger partial charge in [-0.25, -0.2) is 9.79 Å². The topological polar surface area (TPSA) is 94.5 Å². The lowest BCUT2D eigenvalue weighted by Crippen LogP contribution is -2.65. The Morgan fingerprint density at radius 2 is 2.04 bits per heavy atom. The van der Waals surface area contributed by atoms with Crippen molar-refractivity contribution in [3.63, 3.8) is 0 Å². The third-order valence-electron chi connectivity index (χ3n) is 4.85. The molecule has 0 aliphatic carbocycles. The number of fused-ring (bicyclic) bond motifs is 1. The van der Waals surface area contributed by atoms with Crippen molar-refractivity contribution in [1.29, 1.82) is 0 Å². The van der Waals surface area contributed by atoms with E-state index in [4.69, 9.17) is 4.74 Å². The number of urea groups is 1. The number of nitrogens with zero attached hydrogens (tertiary/aromatic N) is 4. The maximum absolute atomic E-state index is 12.4. The number of ketones is 1. The zero-order valence-corrected chi connectivity index (χ0v) is 14.2. The fraction of sp³-hybridized carbons (Fsp3) is 0.733. The quantitative estimate of drug-likeness (QED) is 0.699. The molecule has 3 heterocycles. The lowest BCUT2D eigenvalue weighted by atomic mass is 10.1. The molecular weight excluding hydrogens is 314 g/mol. The van der Waals surface area contributed by atoms with Gasteiger partial charge in [0.25, 0.3) is 5.91 Å². The highest BCUT2D eigenvalue weighted by Crippen LogP contribution is 2.26. The van der Waals surface area contributed by atoms with Crippen molar-refractivity contribution in [3.05, 3.63) is 0 Å². The summed E-state index contributed by atoms with van der Waals surface area (Å²) in [6, 6.07) is -1.61. The molecule has 3 unspecified atom stereocenters. The lowest BCUT2D eigenvalue weighted by Gasteiger charge is -2.39. The Labute approximate surface area is 140 Å². The van der Waals surface area contributed by atoms with Gasteiger partial charge in [0, 0.05) is 20.1 Å². The summed E-state index contributed by atoms with van der Waals surface area (Å²) in [4.78, 5) is 46.2. The van der Waals surface area contributed by atoms with E-state index in [0.29, 0.717) is 25.6 Å². The van der Waals surface area contributed by atoms with Crippen LogP contribution in [0.4, 0.5) is 4.79 Å². The van der Waals surface area contributed by atoms with Crippen LogP contribution in [-0.2, 0) is 14.3 Å². The van der Waals surface area contributed by atoms with E-state index in [1.807, 2.05) is 0 Å². The summed E-state index contributed by atoms with van der Waals surface area (Å²) in [5.74, 6) is 0.223. The summed E-state index contributed by atoms with van der Waals surface area (Å²) in [6.07, 6.45) is -0.593. The van der Waals surface area contributed by atoms with Gasteiger partial charge in [-0.3, -0.25) is 19.8 Å². The van der Waals surface area contributed by atoms with Crippen LogP contribution in [0.5, 0.6) is 0 Å². The van der Waals surface area contributed by atoms with E-state index in [1.165, 1.54) is 11.8 Å². The van der Waals surface area contributed by atoms with Gasteiger partial charge in [-0.2, -0.15) is 0 Å². The number of carbonyl (C=O) groups is 3. The van der Waals surface area contributed by atoms with Gasteiger partial charge in [0.15, 0.2) is 18.0 Å². The Morgan fingerprint density at radius 1 is 1.38 bits per heavy atom. The molecule has 0 bridgehead atoms. The fourth-order valence-electron chi connectivity index (χ4n) is 3.28. The number of amidine groups is 1. The van der Waals surface area contributed by atoms with Gasteiger partial charge in [-0.05, 0) is 13.8 Å². The molecule has 2 fully saturated rings. The first-order valence-electron chi connectivity index (χ1n) is 8.13. The molecule has 0 aromatic heterocycles. The second-order valence-electron chi connectivity index (χ2n) is 6.39. The zero-order valence-electron chi connectivity index (χ0n) is 14.2. The van der Waals surface area contributed by atoms with Crippen molar-refractivity contribution >= 4 is 23.6 Å². The predicted molar refractivity (Wildman–Crippen MR) is 85.6 cm³/mol. The minimum Gasteiger partial charge on any atom is -0.379 e. The van der Waals surface area contributed by atoms with E-state index in [2.05, 4.69) is 15.2 Å². The van der Waals surface area contributed by atoms with E-state index >= 15 is 0 Å². The van der Waals surface area contributed by atoms with Crippen LogP contribution in [0.3, 0.4) is 0 Å². The molecular formula is C15H23N5O4. The lowest BCUT2D eigenvalue weighted by molar-refractivity contribution is -0.129. The minimum atomic E-state index is -0.664. The van der Waals surface area contributed by atoms with Crippen molar-refractivity contribution < 1.29 is 19.1 Å². The number of rotatable bonds is 4. The highest BCUT2D eigenvalue weighted by molar-refractivity contribution is 6.05. The molecule has 0 radical (unpaired) electrons. The Bertz CT molecular complexity index is 586. The van der Waals surface area contributed by atoms with E-state index in [1.54, 1.807) is 18.9 Å². The normalized spacial score (nSPS) is 29.2. The molecule has 9 nitrogen and oxygen atoms in total. The number of nitrogens with one attached hydrogen (secondary N) is 1. The van der Waals surface area contributed by atoms with Crippen LogP contribution in [0.2, 0.25) is 0 Å². The van der Waals surface area contributed by atoms with Crippen LogP contribution in [-0.4, -0.2) is 96.4 Å². The van der Waals surface area contributed by atoms with Crippen LogP contribution in [0.25, 0.3) is 0 Å². The van der Waals surface area contributed by atoms with Gasteiger partial charge in [0.05, 0.1) is 25.8 Å². The molecule has 3 rings (SSSR count). The third-order valence-corrected chi connectivity index (χ3v) is 4.85. The Morgan fingerprint density at radius 3 is 2.67 bits per heavy atom. The first-order chi connectivity index (χ1) is 11.4. The van der Waals surface area contributed by atoms with E-state index in [9.17, 15) is 14.4 Å². The van der Waals surface area contributed by atoms with Crippen LogP contribution < -0.4 is 5.32 Å². The molecule has 9 heteroatoms. The first kappa shape index (κ1) is 16.8. The summed E-state index contributed by atoms with van der Waals surface area (Å²) < 4.78 is 5.35. The molecule has 3 aliphatic heterocycles. The summed E-state index contributed by atoms with van der Waals surface area (Å²) in [5.41, 5.74) is 0. The number of morpholine rings is 1. The van der Waals surface area contributed by atoms with Crippen molar-refractivity contribution in [3.8, 4) is 0 Å². The molecule has 2 saturated heterocycles. The van der Waals surface area contributed by atoms with Crippen molar-refractivity contribution in [1.82, 2.24) is 20.0 Å². The minimum absolute atomic E-state index is 0.0438. The maximum atomic E-state index is 12.4. The molecule has 24 heavy (non-hydrogen) atoms. The van der Waals surface area contributed by atoms with E-state index in [0.717, 1.165) is 13.1 Å². The van der Waals surface area contributed by atoms with Gasteiger partial charge in [0.1, 0.15) is 5.84 Å². The van der Waals surface area contributed by atoms with Gasteiger partial charge in [-0.15, -0.1) is 0 Å². The molecule has 132 valence electrons. The largest absolute Gasteiger partial charge is 0.379 e. The average Bonchev–Trinajstić information content (AvgIpc) is 2.92. The number of aliphatic imine (C=N–C) groups is 1. The highest BCUT2D eigenvalue weighted by atomic mass is 16.5. The molecule has 0 spiro atoms. The average molecular weight is 337 g/mol. The molecule has 3 atom stereocenters. The van der Waals surface area contributed by atoms with Crippen LogP contribution in [0.15, 0.2) is 4.99 Å². The number of likely N-dealkylation sites (N-methyl/N-ethyl adjacent to an activating group) is 1. The third kappa shape index (κ3) is 2.89. The van der Waals surface area contributed by atoms with E-state index < -0.39 is 30.2 Å². The van der Waals surface area contributed by atoms with Crippen LogP contribution in [0, 0.1) is 0 Å². The first-order valence-corrected chi connectivity index (χ1v) is 8.13. The summed E-state index contributed by atoms with van der Waals surface area (Å²) in [6.45, 7) is 6.66. The number of Topliss-reactive ketones (excluding diaryl/α,β-unsaturated/α-hetero) is 1. The summed E-state index contributed by atoms with van der Waals surface area (Å²) >= 11 is 0. The predicted octanol–water partition coefficient (Wildman–Crippen LogP) is -1.11. The maximum Gasteiger partial charge on any atom is 0.325 e. The Balaban J connectivity index is 1.89. The summed E-state index contributed by atoms with van der Waals surface area (Å²) in [5, 5.41) is 2.34. The molecule has 3 amide bonds. The molecule has 1 N–H and O–H groups in total. The van der Waals surface area contributed by atoms with Crippen LogP contribution >= 0.6 is 0 Å². The molecule has 0 aromatic carbocycles. The standard InChI is InChI=1S/C15H23N5O4/c1-9(10(2)21)20-11(8-19-4-6-24-7-5-19)16-13-12(20)14(22)17-15(23)18(13)3/h9,12-13H,4-8H2,1-3H3,(H,17,22,23). The number of hydrogen-bond donors (Lipinski definition) is 1. The van der Waals surface area contributed by atoms with E-state index in [-0.39, 0.29) is 5.78 Å². The number of imide groups is 1. The molecule has 0 aromatic rings. The Hall–Kier alpha value is -2.00. The highest BCUT2D eigenvalue weighted by Gasteiger charge is 2.50. The van der Waals surface area contributed by atoms with Gasteiger partial charge in [-0.1, -0.05) is 0 Å². The number of ether oxygens (including phenoxy) is 1. The van der Waals surface area contributed by atoms with Crippen LogP contribution in [0.1, 0.15) is 13.8 Å². The van der Waals surface area contributed by atoms with Crippen molar-refractivity contribution in [2.45, 2.75) is 32.1 Å². The number of carbonyl (C=O) groups excluding carboxylic acids is 3. The Kier molecular flexibility index (Phi) is 4.55. The van der Waals surface area contributed by atoms with Crippen molar-refractivity contribution in [2.24, 2.45) is 4.99 Å². The van der Waals surface area contributed by atoms with Gasteiger partial charge < -0.3 is 14.5 Å². The van der Waals surface area contributed by atoms with Gasteiger partial charge in [0.2, 0.25) is 0 Å². The SMILES string of the molecule is CC(=O)C(C)N1C(CN2CCOCC2)=NC2C1C(=O)NC(=O)N2C. The van der Waals surface area contributed by atoms with Gasteiger partial charge >= 0.3 is 6.03 Å². The monoisotopic (exact) mass is 337 g/mol. The molecule has 0 saturated carbocycles. The van der Waals surface area contributed by atoms with Crippen molar-refractivity contribution in [2.75, 3.05) is 39.9 Å².